The lowest BCUT2D eigenvalue weighted by Crippen LogP contribution is -2.42. The van der Waals surface area contributed by atoms with Crippen LogP contribution in [-0.2, 0) is 4.79 Å². The third-order valence-corrected chi connectivity index (χ3v) is 4.06. The Kier molecular flexibility index (Phi) is 5.35. The molecule has 120 valence electrons. The predicted molar refractivity (Wildman–Crippen MR) is 78.4 cm³/mol. The average Bonchev–Trinajstić information content (AvgIpc) is 2.72. The van der Waals surface area contributed by atoms with Crippen LogP contribution in [0, 0.1) is 11.7 Å². The van der Waals surface area contributed by atoms with Gasteiger partial charge in [0.1, 0.15) is 0 Å². The van der Waals surface area contributed by atoms with E-state index in [-0.39, 0.29) is 11.3 Å². The summed E-state index contributed by atoms with van der Waals surface area (Å²) in [6.07, 6.45) is 3.87. The van der Waals surface area contributed by atoms with Crippen LogP contribution in [-0.4, -0.2) is 30.1 Å². The molecule has 6 heteroatoms. The third kappa shape index (κ3) is 3.75. The molecule has 1 saturated carbocycles. The molecule has 5 nitrogen and oxygen atoms in total. The molecule has 2 rings (SSSR count). The van der Waals surface area contributed by atoms with Gasteiger partial charge in [0.05, 0.1) is 13.0 Å². The first-order valence-electron chi connectivity index (χ1n) is 7.40. The molecule has 0 heterocycles. The van der Waals surface area contributed by atoms with Crippen molar-refractivity contribution in [2.75, 3.05) is 7.11 Å². The summed E-state index contributed by atoms with van der Waals surface area (Å²) in [5.41, 5.74) is 0.159. The van der Waals surface area contributed by atoms with Crippen LogP contribution < -0.4 is 10.1 Å². The second-order valence-electron chi connectivity index (χ2n) is 5.51. The lowest BCUT2D eigenvalue weighted by atomic mass is 9.94. The molecule has 1 amide bonds. The molecule has 0 aromatic heterocycles. The number of methoxy groups -OCH3 is 1. The number of carboxylic acid groups (broad SMARTS) is 1. The van der Waals surface area contributed by atoms with Gasteiger partial charge in [0, 0.05) is 11.6 Å². The number of carbonyl (C=O) groups is 2. The smallest absolute Gasteiger partial charge is 0.308 e. The Morgan fingerprint density at radius 2 is 2.00 bits per heavy atom. The Bertz CT molecular complexity index is 561. The van der Waals surface area contributed by atoms with Crippen molar-refractivity contribution in [3.63, 3.8) is 0 Å². The highest BCUT2D eigenvalue weighted by Crippen LogP contribution is 2.24. The molecule has 22 heavy (non-hydrogen) atoms. The van der Waals surface area contributed by atoms with E-state index in [9.17, 15) is 19.1 Å². The SMILES string of the molecule is COc1ccc(C(=O)N[C@H]2CCCCC[C@H]2C(=O)O)cc1F. The topological polar surface area (TPSA) is 75.6 Å². The summed E-state index contributed by atoms with van der Waals surface area (Å²) in [4.78, 5) is 23.6. The standard InChI is InChI=1S/C16H20FNO4/c1-22-14-8-7-10(9-12(14)17)15(19)18-13-6-4-2-3-5-11(13)16(20)21/h7-9,11,13H,2-6H2,1H3,(H,18,19)(H,20,21)/t11-,13+/m1/s1. The summed E-state index contributed by atoms with van der Waals surface area (Å²) in [6.45, 7) is 0. The Balaban J connectivity index is 2.12. The van der Waals surface area contributed by atoms with Gasteiger partial charge < -0.3 is 15.2 Å². The molecule has 2 atom stereocenters. The Morgan fingerprint density at radius 3 is 2.64 bits per heavy atom. The van der Waals surface area contributed by atoms with Gasteiger partial charge in [0.15, 0.2) is 11.6 Å². The summed E-state index contributed by atoms with van der Waals surface area (Å²) in [6, 6.07) is 3.52. The molecule has 1 aromatic carbocycles. The first kappa shape index (κ1) is 16.3. The molecule has 1 aromatic rings. The van der Waals surface area contributed by atoms with Crippen molar-refractivity contribution in [2.24, 2.45) is 5.92 Å². The lowest BCUT2D eigenvalue weighted by Gasteiger charge is -2.23. The van der Waals surface area contributed by atoms with Crippen LogP contribution in [0.5, 0.6) is 5.75 Å². The summed E-state index contributed by atoms with van der Waals surface area (Å²) >= 11 is 0. The fourth-order valence-corrected chi connectivity index (χ4v) is 2.84. The highest BCUT2D eigenvalue weighted by Gasteiger charge is 2.30. The maximum absolute atomic E-state index is 13.7. The van der Waals surface area contributed by atoms with E-state index in [0.717, 1.165) is 25.3 Å². The van der Waals surface area contributed by atoms with E-state index in [1.54, 1.807) is 0 Å². The second-order valence-corrected chi connectivity index (χ2v) is 5.51. The van der Waals surface area contributed by atoms with Crippen molar-refractivity contribution in [3.05, 3.63) is 29.6 Å². The summed E-state index contributed by atoms with van der Waals surface area (Å²) in [5.74, 6) is -2.50. The van der Waals surface area contributed by atoms with Gasteiger partial charge in [0.2, 0.25) is 0 Å². The van der Waals surface area contributed by atoms with Gasteiger partial charge in [0.25, 0.3) is 5.91 Å². The number of hydrogen-bond acceptors (Lipinski definition) is 3. The molecule has 1 fully saturated rings. The first-order chi connectivity index (χ1) is 10.5. The molecule has 1 aliphatic carbocycles. The second kappa shape index (κ2) is 7.24. The Morgan fingerprint density at radius 1 is 1.27 bits per heavy atom. The maximum Gasteiger partial charge on any atom is 0.308 e. The molecular formula is C16H20FNO4. The zero-order chi connectivity index (χ0) is 16.1. The van der Waals surface area contributed by atoms with Crippen LogP contribution in [0.15, 0.2) is 18.2 Å². The number of carboxylic acids is 1. The first-order valence-corrected chi connectivity index (χ1v) is 7.40. The minimum atomic E-state index is -0.895. The molecule has 0 saturated heterocycles. The van der Waals surface area contributed by atoms with Crippen molar-refractivity contribution < 1.29 is 23.8 Å². The molecule has 0 unspecified atom stereocenters. The zero-order valence-electron chi connectivity index (χ0n) is 12.5. The number of amides is 1. The highest BCUT2D eigenvalue weighted by atomic mass is 19.1. The highest BCUT2D eigenvalue weighted by molar-refractivity contribution is 5.94. The van der Waals surface area contributed by atoms with Gasteiger partial charge in [-0.2, -0.15) is 0 Å². The van der Waals surface area contributed by atoms with Crippen LogP contribution in [0.1, 0.15) is 42.5 Å². The fraction of sp³-hybridized carbons (Fsp3) is 0.500. The summed E-state index contributed by atoms with van der Waals surface area (Å²) in [7, 11) is 1.35. The van der Waals surface area contributed by atoms with E-state index in [2.05, 4.69) is 5.32 Å². The molecule has 0 radical (unpaired) electrons. The minimum absolute atomic E-state index is 0.0643. The van der Waals surface area contributed by atoms with Crippen molar-refractivity contribution in [2.45, 2.75) is 38.1 Å². The number of rotatable bonds is 4. The van der Waals surface area contributed by atoms with Crippen molar-refractivity contribution in [1.29, 1.82) is 0 Å². The zero-order valence-corrected chi connectivity index (χ0v) is 12.5. The Hall–Kier alpha value is -2.11. The van der Waals surface area contributed by atoms with E-state index in [4.69, 9.17) is 4.74 Å². The molecule has 0 bridgehead atoms. The van der Waals surface area contributed by atoms with Crippen LogP contribution in [0.25, 0.3) is 0 Å². The van der Waals surface area contributed by atoms with Crippen LogP contribution in [0.2, 0.25) is 0 Å². The van der Waals surface area contributed by atoms with Crippen LogP contribution in [0.4, 0.5) is 4.39 Å². The number of nitrogens with one attached hydrogen (secondary N) is 1. The van der Waals surface area contributed by atoms with Gasteiger partial charge in [-0.15, -0.1) is 0 Å². The normalized spacial score (nSPS) is 21.7. The van der Waals surface area contributed by atoms with Gasteiger partial charge >= 0.3 is 5.97 Å². The van der Waals surface area contributed by atoms with Crippen LogP contribution >= 0.6 is 0 Å². The number of benzene rings is 1. The maximum atomic E-state index is 13.7. The lowest BCUT2D eigenvalue weighted by molar-refractivity contribution is -0.142. The largest absolute Gasteiger partial charge is 0.494 e. The predicted octanol–water partition coefficient (Wildman–Crippen LogP) is 2.60. The molecule has 0 aliphatic heterocycles. The van der Waals surface area contributed by atoms with Gasteiger partial charge in [-0.05, 0) is 31.0 Å². The number of aliphatic carboxylic acids is 1. The summed E-state index contributed by atoms with van der Waals surface area (Å²) in [5, 5.41) is 12.0. The minimum Gasteiger partial charge on any atom is -0.494 e. The van der Waals surface area contributed by atoms with E-state index < -0.39 is 29.7 Å². The molecular weight excluding hydrogens is 289 g/mol. The van der Waals surface area contributed by atoms with E-state index in [1.807, 2.05) is 0 Å². The van der Waals surface area contributed by atoms with Gasteiger partial charge in [-0.3, -0.25) is 9.59 Å². The Labute approximate surface area is 128 Å². The fourth-order valence-electron chi connectivity index (χ4n) is 2.84. The summed E-state index contributed by atoms with van der Waals surface area (Å²) < 4.78 is 18.5. The van der Waals surface area contributed by atoms with Crippen molar-refractivity contribution in [1.82, 2.24) is 5.32 Å². The van der Waals surface area contributed by atoms with E-state index in [1.165, 1.54) is 19.2 Å². The quantitative estimate of drug-likeness (QED) is 0.838. The van der Waals surface area contributed by atoms with Gasteiger partial charge in [-0.1, -0.05) is 19.3 Å². The third-order valence-electron chi connectivity index (χ3n) is 4.06. The number of halogens is 1. The average molecular weight is 309 g/mol. The molecule has 1 aliphatic rings. The van der Waals surface area contributed by atoms with E-state index >= 15 is 0 Å². The van der Waals surface area contributed by atoms with Gasteiger partial charge in [-0.25, -0.2) is 4.39 Å². The van der Waals surface area contributed by atoms with E-state index in [0.29, 0.717) is 12.8 Å². The monoisotopic (exact) mass is 309 g/mol. The number of ether oxygens (including phenoxy) is 1. The number of carbonyl (C=O) groups excluding carboxylic acids is 1. The van der Waals surface area contributed by atoms with Crippen molar-refractivity contribution >= 4 is 11.9 Å². The molecule has 0 spiro atoms. The van der Waals surface area contributed by atoms with Crippen molar-refractivity contribution in [3.8, 4) is 5.75 Å². The van der Waals surface area contributed by atoms with Crippen LogP contribution in [0.3, 0.4) is 0 Å². The number of hydrogen-bond donors (Lipinski definition) is 2. The molecule has 2 N–H and O–H groups in total.